The SMILES string of the molecule is C=CCNc1nc(C)cc(C(=O)Nc2ccccc2CC)n1. The topological polar surface area (TPSA) is 66.9 Å². The highest BCUT2D eigenvalue weighted by atomic mass is 16.1. The third-order valence-corrected chi connectivity index (χ3v) is 3.14. The van der Waals surface area contributed by atoms with Crippen molar-refractivity contribution in [2.75, 3.05) is 17.2 Å². The van der Waals surface area contributed by atoms with Crippen LogP contribution in [0.15, 0.2) is 43.0 Å². The third kappa shape index (κ3) is 3.91. The summed E-state index contributed by atoms with van der Waals surface area (Å²) in [6.45, 7) is 8.06. The van der Waals surface area contributed by atoms with Crippen LogP contribution in [0.1, 0.15) is 28.7 Å². The van der Waals surface area contributed by atoms with Gasteiger partial charge in [-0.3, -0.25) is 4.79 Å². The number of carbonyl (C=O) groups is 1. The molecule has 1 amide bonds. The van der Waals surface area contributed by atoms with Gasteiger partial charge in [0, 0.05) is 17.9 Å². The van der Waals surface area contributed by atoms with Crippen molar-refractivity contribution in [3.8, 4) is 0 Å². The van der Waals surface area contributed by atoms with Gasteiger partial charge in [0.25, 0.3) is 5.91 Å². The summed E-state index contributed by atoms with van der Waals surface area (Å²) in [6, 6.07) is 9.42. The lowest BCUT2D eigenvalue weighted by atomic mass is 10.1. The van der Waals surface area contributed by atoms with Crippen molar-refractivity contribution in [1.29, 1.82) is 0 Å². The minimum atomic E-state index is -0.243. The zero-order valence-electron chi connectivity index (χ0n) is 12.9. The maximum atomic E-state index is 12.4. The monoisotopic (exact) mass is 296 g/mol. The molecule has 0 saturated heterocycles. The molecule has 1 aromatic heterocycles. The smallest absolute Gasteiger partial charge is 0.274 e. The maximum Gasteiger partial charge on any atom is 0.274 e. The Balaban J connectivity index is 2.22. The van der Waals surface area contributed by atoms with Gasteiger partial charge in [0.15, 0.2) is 0 Å². The summed E-state index contributed by atoms with van der Waals surface area (Å²) in [7, 11) is 0. The number of hydrogen-bond acceptors (Lipinski definition) is 4. The number of para-hydroxylation sites is 1. The van der Waals surface area contributed by atoms with Crippen LogP contribution in [0.25, 0.3) is 0 Å². The predicted molar refractivity (Wildman–Crippen MR) is 89.2 cm³/mol. The van der Waals surface area contributed by atoms with Crippen molar-refractivity contribution >= 4 is 17.5 Å². The highest BCUT2D eigenvalue weighted by Crippen LogP contribution is 2.16. The van der Waals surface area contributed by atoms with E-state index in [1.54, 1.807) is 12.1 Å². The Morgan fingerprint density at radius 2 is 2.09 bits per heavy atom. The Morgan fingerprint density at radius 3 is 2.82 bits per heavy atom. The van der Waals surface area contributed by atoms with E-state index in [4.69, 9.17) is 0 Å². The molecule has 0 aliphatic heterocycles. The van der Waals surface area contributed by atoms with Crippen molar-refractivity contribution in [3.05, 3.63) is 59.9 Å². The first kappa shape index (κ1) is 15.7. The molecule has 0 radical (unpaired) electrons. The van der Waals surface area contributed by atoms with Crippen LogP contribution in [0.5, 0.6) is 0 Å². The van der Waals surface area contributed by atoms with Crippen molar-refractivity contribution < 1.29 is 4.79 Å². The van der Waals surface area contributed by atoms with Gasteiger partial charge in [-0.1, -0.05) is 31.2 Å². The fourth-order valence-electron chi connectivity index (χ4n) is 2.06. The van der Waals surface area contributed by atoms with Crippen LogP contribution < -0.4 is 10.6 Å². The van der Waals surface area contributed by atoms with Gasteiger partial charge in [-0.05, 0) is 31.0 Å². The molecule has 0 bridgehead atoms. The molecular formula is C17H20N4O. The van der Waals surface area contributed by atoms with Gasteiger partial charge in [-0.15, -0.1) is 6.58 Å². The molecule has 0 unspecified atom stereocenters. The zero-order valence-corrected chi connectivity index (χ0v) is 12.9. The van der Waals surface area contributed by atoms with Gasteiger partial charge in [-0.25, -0.2) is 9.97 Å². The molecule has 2 aromatic rings. The average molecular weight is 296 g/mol. The van der Waals surface area contributed by atoms with Crippen molar-refractivity contribution in [3.63, 3.8) is 0 Å². The Morgan fingerprint density at radius 1 is 1.32 bits per heavy atom. The molecular weight excluding hydrogens is 276 g/mol. The first-order valence-electron chi connectivity index (χ1n) is 7.23. The molecule has 0 spiro atoms. The Hall–Kier alpha value is -2.69. The van der Waals surface area contributed by atoms with Crippen LogP contribution >= 0.6 is 0 Å². The number of nitrogens with zero attached hydrogens (tertiary/aromatic N) is 2. The van der Waals surface area contributed by atoms with Gasteiger partial charge in [0.05, 0.1) is 0 Å². The lowest BCUT2D eigenvalue weighted by Crippen LogP contribution is -2.17. The van der Waals surface area contributed by atoms with E-state index in [2.05, 4.69) is 34.1 Å². The number of aryl methyl sites for hydroxylation is 2. The van der Waals surface area contributed by atoms with Crippen LogP contribution in [-0.4, -0.2) is 22.4 Å². The molecule has 5 heteroatoms. The van der Waals surface area contributed by atoms with Gasteiger partial charge >= 0.3 is 0 Å². The minimum absolute atomic E-state index is 0.243. The summed E-state index contributed by atoms with van der Waals surface area (Å²) >= 11 is 0. The molecule has 1 aromatic carbocycles. The second kappa shape index (κ2) is 7.36. The predicted octanol–water partition coefficient (Wildman–Crippen LogP) is 3.20. The summed E-state index contributed by atoms with van der Waals surface area (Å²) in [5, 5.41) is 5.91. The zero-order chi connectivity index (χ0) is 15.9. The first-order valence-corrected chi connectivity index (χ1v) is 7.23. The fourth-order valence-corrected chi connectivity index (χ4v) is 2.06. The lowest BCUT2D eigenvalue weighted by molar-refractivity contribution is 0.102. The summed E-state index contributed by atoms with van der Waals surface area (Å²) in [4.78, 5) is 20.9. The summed E-state index contributed by atoms with van der Waals surface area (Å²) in [6.07, 6.45) is 2.56. The largest absolute Gasteiger partial charge is 0.351 e. The molecule has 2 rings (SSSR count). The summed E-state index contributed by atoms with van der Waals surface area (Å²) in [5.74, 6) is 0.182. The second-order valence-corrected chi connectivity index (χ2v) is 4.85. The third-order valence-electron chi connectivity index (χ3n) is 3.14. The van der Waals surface area contributed by atoms with Crippen LogP contribution in [0.2, 0.25) is 0 Å². The van der Waals surface area contributed by atoms with E-state index in [1.807, 2.05) is 31.2 Å². The van der Waals surface area contributed by atoms with Crippen molar-refractivity contribution in [2.45, 2.75) is 20.3 Å². The first-order chi connectivity index (χ1) is 10.6. The number of aromatic nitrogens is 2. The Kier molecular flexibility index (Phi) is 5.25. The summed E-state index contributed by atoms with van der Waals surface area (Å²) < 4.78 is 0. The number of hydrogen-bond donors (Lipinski definition) is 2. The molecule has 0 aliphatic rings. The second-order valence-electron chi connectivity index (χ2n) is 4.85. The molecule has 0 aliphatic carbocycles. The van der Waals surface area contributed by atoms with Crippen LogP contribution in [0, 0.1) is 6.92 Å². The van der Waals surface area contributed by atoms with E-state index in [0.29, 0.717) is 18.2 Å². The van der Waals surface area contributed by atoms with Crippen molar-refractivity contribution in [2.24, 2.45) is 0 Å². The van der Waals surface area contributed by atoms with Gasteiger partial charge in [0.2, 0.25) is 5.95 Å². The molecule has 0 saturated carbocycles. The number of anilines is 2. The molecule has 22 heavy (non-hydrogen) atoms. The molecule has 0 atom stereocenters. The molecule has 1 heterocycles. The number of rotatable bonds is 6. The standard InChI is InChI=1S/C17H20N4O/c1-4-10-18-17-19-12(3)11-15(21-17)16(22)20-14-9-7-6-8-13(14)5-2/h4,6-9,11H,1,5,10H2,2-3H3,(H,20,22)(H,18,19,21). The van der Waals surface area contributed by atoms with E-state index < -0.39 is 0 Å². The highest BCUT2D eigenvalue weighted by Gasteiger charge is 2.12. The van der Waals surface area contributed by atoms with Gasteiger partial charge in [-0.2, -0.15) is 0 Å². The highest BCUT2D eigenvalue weighted by molar-refractivity contribution is 6.03. The van der Waals surface area contributed by atoms with Crippen LogP contribution in [0.3, 0.4) is 0 Å². The molecule has 0 fully saturated rings. The normalized spacial score (nSPS) is 10.1. The van der Waals surface area contributed by atoms with Gasteiger partial charge < -0.3 is 10.6 Å². The number of nitrogens with one attached hydrogen (secondary N) is 2. The summed E-state index contributed by atoms with van der Waals surface area (Å²) in [5.41, 5.74) is 2.97. The molecule has 5 nitrogen and oxygen atoms in total. The average Bonchev–Trinajstić information content (AvgIpc) is 2.53. The Labute approximate surface area is 130 Å². The number of amides is 1. The fraction of sp³-hybridized carbons (Fsp3) is 0.235. The van der Waals surface area contributed by atoms with Crippen molar-refractivity contribution in [1.82, 2.24) is 9.97 Å². The number of benzene rings is 1. The maximum absolute atomic E-state index is 12.4. The number of carbonyl (C=O) groups excluding carboxylic acids is 1. The van der Waals surface area contributed by atoms with Crippen LogP contribution in [-0.2, 0) is 6.42 Å². The lowest BCUT2D eigenvalue weighted by Gasteiger charge is -2.10. The van der Waals surface area contributed by atoms with Crippen LogP contribution in [0.4, 0.5) is 11.6 Å². The Bertz CT molecular complexity index is 682. The van der Waals surface area contributed by atoms with E-state index in [0.717, 1.165) is 23.4 Å². The van der Waals surface area contributed by atoms with Gasteiger partial charge in [0.1, 0.15) is 5.69 Å². The van der Waals surface area contributed by atoms with E-state index in [-0.39, 0.29) is 5.91 Å². The molecule has 114 valence electrons. The minimum Gasteiger partial charge on any atom is -0.351 e. The van der Waals surface area contributed by atoms with E-state index in [1.165, 1.54) is 0 Å². The van der Waals surface area contributed by atoms with E-state index >= 15 is 0 Å². The molecule has 2 N–H and O–H groups in total. The van der Waals surface area contributed by atoms with E-state index in [9.17, 15) is 4.79 Å². The quantitative estimate of drug-likeness (QED) is 0.803.